The van der Waals surface area contributed by atoms with Crippen molar-refractivity contribution < 1.29 is 4.74 Å². The normalized spacial score (nSPS) is 17.5. The summed E-state index contributed by atoms with van der Waals surface area (Å²) in [5, 5.41) is 3.57. The molecule has 1 unspecified atom stereocenters. The van der Waals surface area contributed by atoms with E-state index in [2.05, 4.69) is 36.1 Å². The van der Waals surface area contributed by atoms with Crippen LogP contribution in [-0.2, 0) is 4.74 Å². The highest BCUT2D eigenvalue weighted by molar-refractivity contribution is 14.0. The molecule has 5 heteroatoms. The Morgan fingerprint density at radius 2 is 2.00 bits per heavy atom. The highest BCUT2D eigenvalue weighted by Gasteiger charge is 2.16. The van der Waals surface area contributed by atoms with E-state index in [4.69, 9.17) is 4.74 Å². The van der Waals surface area contributed by atoms with Gasteiger partial charge in [0.05, 0.1) is 0 Å². The van der Waals surface area contributed by atoms with Gasteiger partial charge >= 0.3 is 0 Å². The van der Waals surface area contributed by atoms with Crippen LogP contribution in [0, 0.1) is 11.8 Å². The summed E-state index contributed by atoms with van der Waals surface area (Å²) in [6.45, 7) is 8.57. The van der Waals surface area contributed by atoms with E-state index in [1.54, 1.807) is 0 Å². The van der Waals surface area contributed by atoms with Crippen molar-refractivity contribution in [2.45, 2.75) is 58.8 Å². The lowest BCUT2D eigenvalue weighted by atomic mass is 9.96. The van der Waals surface area contributed by atoms with Crippen molar-refractivity contribution in [3.05, 3.63) is 0 Å². The zero-order chi connectivity index (χ0) is 16.2. The average Bonchev–Trinajstić information content (AvgIpc) is 2.57. The first-order valence-corrected chi connectivity index (χ1v) is 9.20. The minimum atomic E-state index is 0. The van der Waals surface area contributed by atoms with Gasteiger partial charge in [-0.15, -0.1) is 24.0 Å². The number of unbranched alkanes of at least 4 members (excludes halogenated alkanes) is 1. The zero-order valence-corrected chi connectivity index (χ0v) is 18.0. The van der Waals surface area contributed by atoms with E-state index in [0.29, 0.717) is 0 Å². The molecule has 0 spiro atoms. The summed E-state index contributed by atoms with van der Waals surface area (Å²) in [5.74, 6) is 2.63. The maximum absolute atomic E-state index is 5.43. The molecule has 4 nitrogen and oxygen atoms in total. The number of guanidine groups is 1. The maximum Gasteiger partial charge on any atom is 0.193 e. The molecular weight excluding hydrogens is 401 g/mol. The van der Waals surface area contributed by atoms with Gasteiger partial charge in [-0.05, 0) is 37.5 Å². The SMILES string of the molecule is CCCCC(CC)CNC(=NC)N(C)CCC1CCOCC1.I. The van der Waals surface area contributed by atoms with E-state index in [-0.39, 0.29) is 24.0 Å². The summed E-state index contributed by atoms with van der Waals surface area (Å²) < 4.78 is 5.43. The van der Waals surface area contributed by atoms with E-state index in [0.717, 1.165) is 44.1 Å². The van der Waals surface area contributed by atoms with Gasteiger partial charge in [0, 0.05) is 40.4 Å². The molecule has 0 aromatic heterocycles. The van der Waals surface area contributed by atoms with Crippen molar-refractivity contribution in [1.29, 1.82) is 0 Å². The van der Waals surface area contributed by atoms with Crippen molar-refractivity contribution in [2.75, 3.05) is 40.4 Å². The molecule has 1 saturated heterocycles. The number of rotatable bonds is 9. The number of ether oxygens (including phenoxy) is 1. The number of nitrogens with zero attached hydrogens (tertiary/aromatic N) is 2. The molecule has 0 bridgehead atoms. The fraction of sp³-hybridized carbons (Fsp3) is 0.944. The first kappa shape index (κ1) is 23.0. The van der Waals surface area contributed by atoms with E-state index in [1.807, 2.05) is 7.05 Å². The Hall–Kier alpha value is -0.0400. The standard InChI is InChI=1S/C18H37N3O.HI/c1-5-7-8-16(6-2)15-20-18(19-3)21(4)12-9-17-10-13-22-14-11-17;/h16-17H,5-15H2,1-4H3,(H,19,20);1H. The van der Waals surface area contributed by atoms with E-state index in [9.17, 15) is 0 Å². The van der Waals surface area contributed by atoms with Crippen LogP contribution in [0.4, 0.5) is 0 Å². The molecule has 0 saturated carbocycles. The Kier molecular flexibility index (Phi) is 14.3. The fourth-order valence-electron chi connectivity index (χ4n) is 3.08. The van der Waals surface area contributed by atoms with Gasteiger partial charge in [-0.1, -0.05) is 33.1 Å². The van der Waals surface area contributed by atoms with E-state index < -0.39 is 0 Å². The predicted octanol–water partition coefficient (Wildman–Crippen LogP) is 4.14. The largest absolute Gasteiger partial charge is 0.381 e. The van der Waals surface area contributed by atoms with E-state index >= 15 is 0 Å². The summed E-state index contributed by atoms with van der Waals surface area (Å²) in [7, 11) is 4.04. The number of halogens is 1. The van der Waals surface area contributed by atoms with Crippen LogP contribution < -0.4 is 5.32 Å². The molecule has 0 aliphatic carbocycles. The Balaban J connectivity index is 0.00000484. The fourth-order valence-corrected chi connectivity index (χ4v) is 3.08. The smallest absolute Gasteiger partial charge is 0.193 e. The van der Waals surface area contributed by atoms with Crippen molar-refractivity contribution in [3.63, 3.8) is 0 Å². The Morgan fingerprint density at radius 3 is 2.57 bits per heavy atom. The van der Waals surface area contributed by atoms with Gasteiger partial charge in [0.2, 0.25) is 0 Å². The molecule has 1 rings (SSSR count). The van der Waals surface area contributed by atoms with Crippen LogP contribution >= 0.6 is 24.0 Å². The third-order valence-electron chi connectivity index (χ3n) is 4.88. The van der Waals surface area contributed by atoms with Crippen LogP contribution in [0.3, 0.4) is 0 Å². The summed E-state index contributed by atoms with van der Waals surface area (Å²) in [5.41, 5.74) is 0. The maximum atomic E-state index is 5.43. The molecule has 0 amide bonds. The Morgan fingerprint density at radius 1 is 1.30 bits per heavy atom. The summed E-state index contributed by atoms with van der Waals surface area (Å²) in [4.78, 5) is 6.72. The van der Waals surface area contributed by atoms with Gasteiger partial charge in [-0.25, -0.2) is 0 Å². The van der Waals surface area contributed by atoms with Crippen molar-refractivity contribution in [2.24, 2.45) is 16.8 Å². The summed E-state index contributed by atoms with van der Waals surface area (Å²) in [6.07, 6.45) is 8.87. The highest BCUT2D eigenvalue weighted by atomic mass is 127. The van der Waals surface area contributed by atoms with Gasteiger partial charge < -0.3 is 15.0 Å². The molecular formula is C18H38IN3O. The highest BCUT2D eigenvalue weighted by Crippen LogP contribution is 2.18. The molecule has 0 aromatic carbocycles. The monoisotopic (exact) mass is 439 g/mol. The number of nitrogens with one attached hydrogen (secondary N) is 1. The summed E-state index contributed by atoms with van der Waals surface area (Å²) in [6, 6.07) is 0. The van der Waals surface area contributed by atoms with Crippen molar-refractivity contribution >= 4 is 29.9 Å². The molecule has 1 N–H and O–H groups in total. The second-order valence-electron chi connectivity index (χ2n) is 6.61. The molecule has 23 heavy (non-hydrogen) atoms. The molecule has 1 fully saturated rings. The van der Waals surface area contributed by atoms with Crippen molar-refractivity contribution in [3.8, 4) is 0 Å². The minimum Gasteiger partial charge on any atom is -0.381 e. The predicted molar refractivity (Wildman–Crippen MR) is 111 cm³/mol. The summed E-state index contributed by atoms with van der Waals surface area (Å²) >= 11 is 0. The minimum absolute atomic E-state index is 0. The van der Waals surface area contributed by atoms with Gasteiger partial charge in [0.15, 0.2) is 5.96 Å². The number of hydrogen-bond donors (Lipinski definition) is 1. The van der Waals surface area contributed by atoms with Gasteiger partial charge in [0.25, 0.3) is 0 Å². The Labute approximate surface area is 160 Å². The number of aliphatic imine (C=N–C) groups is 1. The molecule has 0 radical (unpaired) electrons. The van der Waals surface area contributed by atoms with Gasteiger partial charge in [-0.3, -0.25) is 4.99 Å². The average molecular weight is 439 g/mol. The molecule has 1 aliphatic heterocycles. The topological polar surface area (TPSA) is 36.9 Å². The third-order valence-corrected chi connectivity index (χ3v) is 4.88. The van der Waals surface area contributed by atoms with E-state index in [1.165, 1.54) is 44.9 Å². The molecule has 0 aromatic rings. The van der Waals surface area contributed by atoms with Crippen LogP contribution in [0.1, 0.15) is 58.8 Å². The number of hydrogen-bond acceptors (Lipinski definition) is 2. The quantitative estimate of drug-likeness (QED) is 0.333. The van der Waals surface area contributed by atoms with Crippen molar-refractivity contribution in [1.82, 2.24) is 10.2 Å². The lowest BCUT2D eigenvalue weighted by molar-refractivity contribution is 0.0625. The molecule has 138 valence electrons. The third kappa shape index (κ3) is 9.75. The molecule has 1 atom stereocenters. The first-order valence-electron chi connectivity index (χ1n) is 9.20. The van der Waals surface area contributed by atoms with Crippen LogP contribution in [0.2, 0.25) is 0 Å². The van der Waals surface area contributed by atoms with Crippen LogP contribution in [0.25, 0.3) is 0 Å². The van der Waals surface area contributed by atoms with Gasteiger partial charge in [-0.2, -0.15) is 0 Å². The second kappa shape index (κ2) is 14.3. The second-order valence-corrected chi connectivity index (χ2v) is 6.61. The van der Waals surface area contributed by atoms with Crippen LogP contribution in [-0.4, -0.2) is 51.3 Å². The zero-order valence-electron chi connectivity index (χ0n) is 15.6. The van der Waals surface area contributed by atoms with Crippen LogP contribution in [0.5, 0.6) is 0 Å². The Bertz CT molecular complexity index is 307. The molecule has 1 heterocycles. The lowest BCUT2D eigenvalue weighted by Crippen LogP contribution is -2.42. The van der Waals surface area contributed by atoms with Crippen LogP contribution in [0.15, 0.2) is 4.99 Å². The lowest BCUT2D eigenvalue weighted by Gasteiger charge is -2.27. The first-order chi connectivity index (χ1) is 10.7. The molecule has 1 aliphatic rings. The van der Waals surface area contributed by atoms with Gasteiger partial charge in [0.1, 0.15) is 0 Å².